The first-order chi connectivity index (χ1) is 11.1. The minimum absolute atomic E-state index is 0.0954. The van der Waals surface area contributed by atoms with Crippen molar-refractivity contribution < 1.29 is 19.2 Å². The van der Waals surface area contributed by atoms with Gasteiger partial charge in [-0.2, -0.15) is 0 Å². The van der Waals surface area contributed by atoms with Crippen LogP contribution in [0, 0.1) is 10.1 Å². The summed E-state index contributed by atoms with van der Waals surface area (Å²) in [6, 6.07) is 6.92. The molecule has 124 valence electrons. The molecule has 0 amide bonds. The molecule has 1 saturated carbocycles. The summed E-state index contributed by atoms with van der Waals surface area (Å²) < 4.78 is 10.6. The highest BCUT2D eigenvalue weighted by molar-refractivity contribution is 5.90. The lowest BCUT2D eigenvalue weighted by molar-refractivity contribution is -0.419. The van der Waals surface area contributed by atoms with Gasteiger partial charge in [-0.25, -0.2) is 4.79 Å². The van der Waals surface area contributed by atoms with Crippen LogP contribution in [0.15, 0.2) is 30.0 Å². The number of carbonyl (C=O) groups is 1. The second kappa shape index (κ2) is 8.31. The van der Waals surface area contributed by atoms with E-state index in [4.69, 9.17) is 4.74 Å². The summed E-state index contributed by atoms with van der Waals surface area (Å²) in [6.45, 7) is 1.70. The van der Waals surface area contributed by atoms with Crippen molar-refractivity contribution in [1.29, 1.82) is 0 Å². The highest BCUT2D eigenvalue weighted by atomic mass is 16.6. The van der Waals surface area contributed by atoms with E-state index >= 15 is 0 Å². The van der Waals surface area contributed by atoms with Crippen molar-refractivity contribution in [2.24, 2.45) is 0 Å². The lowest BCUT2D eigenvalue weighted by Gasteiger charge is -2.22. The van der Waals surface area contributed by atoms with Gasteiger partial charge < -0.3 is 9.47 Å². The fourth-order valence-electron chi connectivity index (χ4n) is 2.57. The van der Waals surface area contributed by atoms with Gasteiger partial charge in [-0.1, -0.05) is 18.6 Å². The Balaban J connectivity index is 2.06. The van der Waals surface area contributed by atoms with E-state index in [-0.39, 0.29) is 12.7 Å². The summed E-state index contributed by atoms with van der Waals surface area (Å²) in [5.74, 6) is -0.187. The van der Waals surface area contributed by atoms with Gasteiger partial charge in [0.1, 0.15) is 5.75 Å². The fourth-order valence-corrected chi connectivity index (χ4v) is 2.57. The predicted molar refractivity (Wildman–Crippen MR) is 85.5 cm³/mol. The SMILES string of the molecule is CCOC(=O)/C(=C/c1ccc(OC2CCCCC2)cc1)[N+](=O)[O-]. The van der Waals surface area contributed by atoms with Crippen LogP contribution in [0.4, 0.5) is 0 Å². The maximum Gasteiger partial charge on any atom is 0.409 e. The first-order valence-electron chi connectivity index (χ1n) is 7.90. The van der Waals surface area contributed by atoms with E-state index in [9.17, 15) is 14.9 Å². The molecule has 6 nitrogen and oxygen atoms in total. The molecule has 1 aliphatic rings. The predicted octanol–water partition coefficient (Wildman–Crippen LogP) is 3.58. The topological polar surface area (TPSA) is 78.7 Å². The van der Waals surface area contributed by atoms with Gasteiger partial charge in [-0.15, -0.1) is 0 Å². The summed E-state index contributed by atoms with van der Waals surface area (Å²) in [4.78, 5) is 21.8. The van der Waals surface area contributed by atoms with Gasteiger partial charge in [-0.05, 0) is 50.3 Å². The highest BCUT2D eigenvalue weighted by Gasteiger charge is 2.23. The smallest absolute Gasteiger partial charge is 0.409 e. The van der Waals surface area contributed by atoms with Crippen molar-refractivity contribution in [2.45, 2.75) is 45.1 Å². The Morgan fingerprint density at radius 3 is 2.48 bits per heavy atom. The number of rotatable bonds is 6. The van der Waals surface area contributed by atoms with Crippen molar-refractivity contribution >= 4 is 12.0 Å². The Morgan fingerprint density at radius 2 is 1.91 bits per heavy atom. The Kier molecular flexibility index (Phi) is 6.14. The van der Waals surface area contributed by atoms with Crippen LogP contribution in [0.25, 0.3) is 6.08 Å². The van der Waals surface area contributed by atoms with Crippen LogP contribution < -0.4 is 4.74 Å². The normalized spacial score (nSPS) is 16.0. The van der Waals surface area contributed by atoms with Crippen molar-refractivity contribution in [2.75, 3.05) is 6.61 Å². The van der Waals surface area contributed by atoms with E-state index < -0.39 is 16.6 Å². The van der Waals surface area contributed by atoms with Crippen LogP contribution in [-0.4, -0.2) is 23.6 Å². The molecule has 1 aromatic carbocycles. The van der Waals surface area contributed by atoms with E-state index in [0.29, 0.717) is 5.56 Å². The molecule has 6 heteroatoms. The third kappa shape index (κ3) is 5.09. The molecule has 0 atom stereocenters. The molecule has 0 heterocycles. The van der Waals surface area contributed by atoms with E-state index in [1.807, 2.05) is 0 Å². The molecule has 0 unspecified atom stereocenters. The van der Waals surface area contributed by atoms with Crippen molar-refractivity contribution in [3.05, 3.63) is 45.6 Å². The quantitative estimate of drug-likeness (QED) is 0.346. The lowest BCUT2D eigenvalue weighted by atomic mass is 9.98. The molecule has 0 saturated heterocycles. The molecule has 0 aromatic heterocycles. The number of esters is 1. The lowest BCUT2D eigenvalue weighted by Crippen LogP contribution is -2.19. The van der Waals surface area contributed by atoms with E-state index in [1.165, 1.54) is 25.3 Å². The molecule has 0 spiro atoms. The van der Waals surface area contributed by atoms with Crippen LogP contribution in [0.2, 0.25) is 0 Å². The van der Waals surface area contributed by atoms with E-state index in [2.05, 4.69) is 4.74 Å². The zero-order chi connectivity index (χ0) is 16.7. The van der Waals surface area contributed by atoms with Gasteiger partial charge in [0, 0.05) is 6.08 Å². The van der Waals surface area contributed by atoms with E-state index in [0.717, 1.165) is 18.6 Å². The maximum atomic E-state index is 11.6. The van der Waals surface area contributed by atoms with Gasteiger partial charge in [0.2, 0.25) is 0 Å². The molecule has 0 bridgehead atoms. The van der Waals surface area contributed by atoms with Crippen molar-refractivity contribution in [1.82, 2.24) is 0 Å². The Labute approximate surface area is 135 Å². The highest BCUT2D eigenvalue weighted by Crippen LogP contribution is 2.24. The van der Waals surface area contributed by atoms with Crippen molar-refractivity contribution in [3.63, 3.8) is 0 Å². The summed E-state index contributed by atoms with van der Waals surface area (Å²) in [6.07, 6.45) is 7.24. The van der Waals surface area contributed by atoms with Gasteiger partial charge in [0.05, 0.1) is 17.6 Å². The number of nitrogens with zero attached hydrogens (tertiary/aromatic N) is 1. The van der Waals surface area contributed by atoms with Gasteiger partial charge in [-0.3, -0.25) is 10.1 Å². The monoisotopic (exact) mass is 319 g/mol. The molecule has 23 heavy (non-hydrogen) atoms. The number of hydrogen-bond donors (Lipinski definition) is 0. The minimum atomic E-state index is -0.931. The Morgan fingerprint density at radius 1 is 1.26 bits per heavy atom. The summed E-state index contributed by atoms with van der Waals surface area (Å²) >= 11 is 0. The standard InChI is InChI=1S/C17H21NO5/c1-2-22-17(19)16(18(20)21)12-13-8-10-15(11-9-13)23-14-6-4-3-5-7-14/h8-12,14H,2-7H2,1H3/b16-12-. The molecule has 0 radical (unpaired) electrons. The molecule has 0 aliphatic heterocycles. The minimum Gasteiger partial charge on any atom is -0.490 e. The van der Waals surface area contributed by atoms with Crippen LogP contribution >= 0.6 is 0 Å². The number of ether oxygens (including phenoxy) is 2. The zero-order valence-electron chi connectivity index (χ0n) is 13.2. The average Bonchev–Trinajstić information content (AvgIpc) is 2.55. The van der Waals surface area contributed by atoms with Gasteiger partial charge in [0.15, 0.2) is 0 Å². The van der Waals surface area contributed by atoms with E-state index in [1.54, 1.807) is 31.2 Å². The van der Waals surface area contributed by atoms with Crippen LogP contribution in [-0.2, 0) is 9.53 Å². The Hall–Kier alpha value is -2.37. The zero-order valence-corrected chi connectivity index (χ0v) is 13.2. The third-order valence-corrected chi connectivity index (χ3v) is 3.72. The molecule has 0 N–H and O–H groups in total. The summed E-state index contributed by atoms with van der Waals surface area (Å²) in [7, 11) is 0. The first-order valence-corrected chi connectivity index (χ1v) is 7.90. The molecule has 1 aromatic rings. The van der Waals surface area contributed by atoms with Crippen molar-refractivity contribution in [3.8, 4) is 5.75 Å². The molecular formula is C17H21NO5. The van der Waals surface area contributed by atoms with Gasteiger partial charge >= 0.3 is 11.7 Å². The molecule has 1 fully saturated rings. The third-order valence-electron chi connectivity index (χ3n) is 3.72. The largest absolute Gasteiger partial charge is 0.490 e. The summed E-state index contributed by atoms with van der Waals surface area (Å²) in [5.41, 5.74) is -0.0199. The second-order valence-corrected chi connectivity index (χ2v) is 5.45. The fraction of sp³-hybridized carbons (Fsp3) is 0.471. The number of carbonyl (C=O) groups excluding carboxylic acids is 1. The average molecular weight is 319 g/mol. The number of nitro groups is 1. The summed E-state index contributed by atoms with van der Waals surface area (Å²) in [5, 5.41) is 11.0. The van der Waals surface area contributed by atoms with Crippen LogP contribution in [0.5, 0.6) is 5.75 Å². The molecule has 1 aliphatic carbocycles. The number of benzene rings is 1. The maximum absolute atomic E-state index is 11.6. The first kappa shape index (κ1) is 17.0. The van der Waals surface area contributed by atoms with Crippen LogP contribution in [0.1, 0.15) is 44.6 Å². The molecular weight excluding hydrogens is 298 g/mol. The Bertz CT molecular complexity index is 573. The molecule has 2 rings (SSSR count). The number of hydrogen-bond acceptors (Lipinski definition) is 5. The van der Waals surface area contributed by atoms with Gasteiger partial charge in [0.25, 0.3) is 0 Å². The van der Waals surface area contributed by atoms with Crippen LogP contribution in [0.3, 0.4) is 0 Å². The second-order valence-electron chi connectivity index (χ2n) is 5.45.